The third kappa shape index (κ3) is 25.5. The topological polar surface area (TPSA) is 542 Å². The second kappa shape index (κ2) is 37.7. The quantitative estimate of drug-likeness (QED) is 0.0227. The number of amides is 11. The van der Waals surface area contributed by atoms with Crippen molar-refractivity contribution in [1.29, 1.82) is 5.41 Å². The van der Waals surface area contributed by atoms with Crippen molar-refractivity contribution in [2.75, 3.05) is 19.7 Å². The van der Waals surface area contributed by atoms with E-state index in [1.807, 2.05) is 31.4 Å². The minimum atomic E-state index is -2.59. The van der Waals surface area contributed by atoms with Crippen LogP contribution >= 0.6 is 0 Å². The van der Waals surface area contributed by atoms with E-state index in [4.69, 9.17) is 27.3 Å². The SMILES string of the molecule is CC[C@H](C)C1NC(=O)[C@@H](CCCNC(=N)N)NC(=O)[C@H](CC(C)C)NC(=O)[C@H]([C@H](O)C(C)C)NC(=O)[C@@H](NC(=O)[C@H](Cc2ccncc2)NC(=O)[C@H](N)CC(C)(C)C)[C@@H](c2ccccc2)OC(=O)[C@H](CO)NC(=O)[C@H]([C@H](O)C(N)=O)NC(=O)CNC(=O)[C@H]([C@H](C)O)NC1=O. The zero-order chi connectivity index (χ0) is 70.9. The summed E-state index contributed by atoms with van der Waals surface area (Å²) in [5.41, 5.74) is 17.1. The van der Waals surface area contributed by atoms with Gasteiger partial charge in [-0.05, 0) is 79.0 Å². The molecule has 11 amide bonds. The van der Waals surface area contributed by atoms with Gasteiger partial charge in [-0.1, -0.05) is 99.1 Å². The van der Waals surface area contributed by atoms with E-state index in [0.717, 1.165) is 6.92 Å². The number of primary amides is 1. The predicted octanol–water partition coefficient (Wildman–Crippen LogP) is -5.24. The fourth-order valence-electron chi connectivity index (χ4n) is 9.67. The van der Waals surface area contributed by atoms with E-state index in [-0.39, 0.29) is 50.6 Å². The zero-order valence-corrected chi connectivity index (χ0v) is 54.7. The van der Waals surface area contributed by atoms with Crippen LogP contribution < -0.4 is 75.7 Å². The second-order valence-corrected chi connectivity index (χ2v) is 25.2. The van der Waals surface area contributed by atoms with Gasteiger partial charge in [0.15, 0.2) is 24.2 Å². The number of nitrogens with two attached hydrogens (primary N) is 3. The number of nitrogens with zero attached hydrogens (tertiary/aromatic N) is 1. The number of guanidine groups is 1. The number of esters is 1. The van der Waals surface area contributed by atoms with Gasteiger partial charge in [-0.2, -0.15) is 0 Å². The number of hydrogen-bond donors (Lipinski definition) is 19. The first kappa shape index (κ1) is 79.3. The van der Waals surface area contributed by atoms with E-state index in [9.17, 15) is 68.4 Å². The van der Waals surface area contributed by atoms with Crippen molar-refractivity contribution in [3.63, 3.8) is 0 Å². The van der Waals surface area contributed by atoms with E-state index in [0.29, 0.717) is 5.56 Å². The summed E-state index contributed by atoms with van der Waals surface area (Å²) in [6, 6.07) is -8.14. The maximum absolute atomic E-state index is 15.5. The summed E-state index contributed by atoms with van der Waals surface area (Å²) in [7, 11) is 0. The molecule has 0 saturated carbocycles. The second-order valence-electron chi connectivity index (χ2n) is 25.2. The van der Waals surface area contributed by atoms with Crippen molar-refractivity contribution in [1.82, 2.24) is 63.5 Å². The molecule has 522 valence electrons. The summed E-state index contributed by atoms with van der Waals surface area (Å²) in [5, 5.41) is 78.5. The molecule has 1 aliphatic heterocycles. The number of nitrogens with one attached hydrogen (secondary N) is 12. The van der Waals surface area contributed by atoms with Gasteiger partial charge in [-0.15, -0.1) is 0 Å². The van der Waals surface area contributed by atoms with Crippen LogP contribution in [0.3, 0.4) is 0 Å². The Morgan fingerprint density at radius 1 is 0.713 bits per heavy atom. The first-order valence-corrected chi connectivity index (χ1v) is 30.9. The summed E-state index contributed by atoms with van der Waals surface area (Å²) < 4.78 is 5.96. The Kier molecular flexibility index (Phi) is 31.8. The Morgan fingerprint density at radius 2 is 1.28 bits per heavy atom. The minimum absolute atomic E-state index is 0.00705. The van der Waals surface area contributed by atoms with Crippen molar-refractivity contribution >= 4 is 76.9 Å². The van der Waals surface area contributed by atoms with Crippen molar-refractivity contribution in [2.24, 2.45) is 40.4 Å². The van der Waals surface area contributed by atoms with Crippen LogP contribution in [0.5, 0.6) is 0 Å². The Morgan fingerprint density at radius 3 is 1.83 bits per heavy atom. The number of aliphatic hydroxyl groups is 4. The fourth-order valence-corrected chi connectivity index (χ4v) is 9.67. The lowest BCUT2D eigenvalue weighted by Gasteiger charge is -2.33. The number of carbonyl (C=O) groups excluding carboxylic acids is 12. The molecule has 0 spiro atoms. The molecular formula is C61H96N16O17. The number of benzene rings is 1. The average Bonchev–Trinajstić information content (AvgIpc) is 0.965. The van der Waals surface area contributed by atoms with Crippen molar-refractivity contribution in [3.05, 3.63) is 66.0 Å². The van der Waals surface area contributed by atoms with Gasteiger partial charge in [-0.3, -0.25) is 63.1 Å². The Labute approximate surface area is 545 Å². The molecule has 1 saturated heterocycles. The van der Waals surface area contributed by atoms with Crippen LogP contribution in [-0.4, -0.2) is 201 Å². The fraction of sp³-hybridized carbons (Fsp3) is 0.607. The van der Waals surface area contributed by atoms with E-state index < -0.39 is 198 Å². The van der Waals surface area contributed by atoms with Gasteiger partial charge in [0, 0.05) is 25.4 Å². The van der Waals surface area contributed by atoms with E-state index in [2.05, 4.69) is 52.8 Å². The van der Waals surface area contributed by atoms with Crippen molar-refractivity contribution in [2.45, 2.75) is 193 Å². The molecule has 0 bridgehead atoms. The first-order chi connectivity index (χ1) is 44.0. The number of hydrogen-bond acceptors (Lipinski definition) is 20. The summed E-state index contributed by atoms with van der Waals surface area (Å²) in [4.78, 5) is 175. The van der Waals surface area contributed by atoms with Crippen LogP contribution in [0, 0.1) is 28.6 Å². The van der Waals surface area contributed by atoms with Gasteiger partial charge < -0.3 is 101 Å². The van der Waals surface area contributed by atoms with Crippen LogP contribution in [0.25, 0.3) is 0 Å². The Balaban J connectivity index is 2.44. The molecule has 0 aliphatic carbocycles. The molecule has 33 heteroatoms. The van der Waals surface area contributed by atoms with E-state index in [1.54, 1.807) is 27.7 Å². The summed E-state index contributed by atoms with van der Waals surface area (Å²) in [5.74, 6) is -17.3. The van der Waals surface area contributed by atoms with Gasteiger partial charge in [0.1, 0.15) is 48.3 Å². The molecule has 1 fully saturated rings. The molecule has 22 N–H and O–H groups in total. The number of pyridine rings is 1. The predicted molar refractivity (Wildman–Crippen MR) is 339 cm³/mol. The number of ether oxygens (including phenoxy) is 1. The lowest BCUT2D eigenvalue weighted by molar-refractivity contribution is -0.159. The standard InChI is InChI=1S/C61H96N16O17/c1-11-31(6)41-55(89)75-42(32(7)79)54(88)68-27-40(80)73-44(47(82)49(63)83)57(91)72-39(28-78)59(93)94-48(34-16-13-12-14-17-34)45(77-53(87)38(25-33-19-22-66-23-20-33)70-50(84)35(62)26-61(8,9)10)58(92)76-43(46(81)30(4)5)56(90)71-37(24-29(2)3)52(86)69-36(51(85)74-41)18-15-21-67-60(64)65/h12-14,16-17,19-20,22-23,29-32,35-39,41-48,78-79,81-82H,11,15,18,21,24-28,62H2,1-10H3,(H2,63,83)(H,68,88)(H,69,86)(H,70,84)(H,71,90)(H,72,91)(H,73,80)(H,74,85)(H,75,89)(H,76,92)(H,77,87)(H4,64,65,67)/t31-,32-,35+,36+,37-,38-,39-,41?,42-,43-,44-,45-,46+,47-,48+/m0/s1. The first-order valence-electron chi connectivity index (χ1n) is 30.9. The Bertz CT molecular complexity index is 2940. The van der Waals surface area contributed by atoms with E-state index >= 15 is 9.59 Å². The summed E-state index contributed by atoms with van der Waals surface area (Å²) in [6.45, 7) is 13.7. The van der Waals surface area contributed by atoms with Gasteiger partial charge in [0.2, 0.25) is 65.0 Å². The van der Waals surface area contributed by atoms with Gasteiger partial charge >= 0.3 is 5.97 Å². The number of rotatable bonds is 22. The molecule has 15 atom stereocenters. The third-order valence-corrected chi connectivity index (χ3v) is 15.1. The number of aliphatic hydroxyl groups excluding tert-OH is 4. The molecule has 1 unspecified atom stereocenters. The highest BCUT2D eigenvalue weighted by atomic mass is 16.5. The molecule has 1 aliphatic rings. The molecule has 33 nitrogen and oxygen atoms in total. The zero-order valence-electron chi connectivity index (χ0n) is 54.7. The number of aromatic nitrogens is 1. The normalized spacial score (nSPS) is 24.2. The monoisotopic (exact) mass is 1320 g/mol. The smallest absolute Gasteiger partial charge is 0.331 e. The average molecular weight is 1330 g/mol. The lowest BCUT2D eigenvalue weighted by Crippen LogP contribution is -2.64. The largest absolute Gasteiger partial charge is 0.453 e. The highest BCUT2D eigenvalue weighted by Crippen LogP contribution is 2.25. The van der Waals surface area contributed by atoms with Gasteiger partial charge in [-0.25, -0.2) is 4.79 Å². The Hall–Kier alpha value is -8.92. The maximum Gasteiger partial charge on any atom is 0.331 e. The van der Waals surface area contributed by atoms with E-state index in [1.165, 1.54) is 68.7 Å². The van der Waals surface area contributed by atoms with Gasteiger partial charge in [0.25, 0.3) is 0 Å². The molecule has 2 aromatic rings. The molecule has 94 heavy (non-hydrogen) atoms. The van der Waals surface area contributed by atoms with Crippen LogP contribution in [0.15, 0.2) is 54.9 Å². The lowest BCUT2D eigenvalue weighted by atomic mass is 9.88. The molecule has 3 rings (SSSR count). The van der Waals surface area contributed by atoms with Gasteiger partial charge in [0.05, 0.1) is 31.4 Å². The molecule has 1 aromatic carbocycles. The highest BCUT2D eigenvalue weighted by molar-refractivity contribution is 6.00. The van der Waals surface area contributed by atoms with Crippen molar-refractivity contribution < 1.29 is 82.7 Å². The maximum atomic E-state index is 15.5. The molecule has 1 aromatic heterocycles. The number of cyclic esters (lactones) is 1. The molecule has 2 heterocycles. The third-order valence-electron chi connectivity index (χ3n) is 15.1. The van der Waals surface area contributed by atoms with Crippen LogP contribution in [0.2, 0.25) is 0 Å². The van der Waals surface area contributed by atoms with Crippen LogP contribution in [0.4, 0.5) is 0 Å². The van der Waals surface area contributed by atoms with Crippen LogP contribution in [0.1, 0.15) is 119 Å². The molecular weight excluding hydrogens is 1230 g/mol. The molecule has 0 radical (unpaired) electrons. The minimum Gasteiger partial charge on any atom is -0.453 e. The highest BCUT2D eigenvalue weighted by Gasteiger charge is 2.44. The summed E-state index contributed by atoms with van der Waals surface area (Å²) >= 11 is 0. The number of carbonyl (C=O) groups is 12. The van der Waals surface area contributed by atoms with Crippen LogP contribution in [-0.2, 0) is 68.7 Å². The van der Waals surface area contributed by atoms with Crippen molar-refractivity contribution in [3.8, 4) is 0 Å². The summed E-state index contributed by atoms with van der Waals surface area (Å²) in [6.07, 6.45) is -5.62.